The van der Waals surface area contributed by atoms with Gasteiger partial charge in [0.15, 0.2) is 11.5 Å². The molecule has 3 N–H and O–H groups in total. The summed E-state index contributed by atoms with van der Waals surface area (Å²) in [6.07, 6.45) is 0. The summed E-state index contributed by atoms with van der Waals surface area (Å²) < 4.78 is 15.9. The molecule has 3 heterocycles. The molecule has 0 unspecified atom stereocenters. The molecule has 0 aliphatic carbocycles. The summed E-state index contributed by atoms with van der Waals surface area (Å²) >= 11 is 0. The van der Waals surface area contributed by atoms with Gasteiger partial charge in [-0.15, -0.1) is 0 Å². The number of aromatic amines is 1. The van der Waals surface area contributed by atoms with Crippen molar-refractivity contribution in [2.75, 3.05) is 43.7 Å². The van der Waals surface area contributed by atoms with Crippen LogP contribution in [0.5, 0.6) is 11.5 Å². The molecule has 0 spiro atoms. The van der Waals surface area contributed by atoms with E-state index in [4.69, 9.17) is 19.9 Å². The number of hydrogen-bond acceptors (Lipinski definition) is 7. The van der Waals surface area contributed by atoms with Crippen molar-refractivity contribution in [2.24, 2.45) is 0 Å². The van der Waals surface area contributed by atoms with Gasteiger partial charge < -0.3 is 24.8 Å². The highest BCUT2D eigenvalue weighted by Crippen LogP contribution is 2.36. The highest BCUT2D eigenvalue weighted by Gasteiger charge is 2.20. The molecule has 1 fully saturated rings. The van der Waals surface area contributed by atoms with E-state index in [0.29, 0.717) is 54.9 Å². The molecular weight excluding hydrogens is 300 g/mol. The van der Waals surface area contributed by atoms with Crippen molar-refractivity contribution in [3.63, 3.8) is 0 Å². The second-order valence-electron chi connectivity index (χ2n) is 5.32. The van der Waals surface area contributed by atoms with Crippen LogP contribution in [0.1, 0.15) is 0 Å². The predicted octanol–water partition coefficient (Wildman–Crippen LogP) is 0.584. The van der Waals surface area contributed by atoms with E-state index in [2.05, 4.69) is 9.97 Å². The van der Waals surface area contributed by atoms with E-state index in [1.54, 1.807) is 18.2 Å². The Morgan fingerprint density at radius 3 is 2.74 bits per heavy atom. The number of morpholine rings is 1. The average Bonchev–Trinajstić information content (AvgIpc) is 3.03. The van der Waals surface area contributed by atoms with Crippen LogP contribution < -0.4 is 25.7 Å². The number of hydrogen-bond donors (Lipinski definition) is 2. The summed E-state index contributed by atoms with van der Waals surface area (Å²) in [6.45, 7) is 2.73. The fraction of sp³-hybridized carbons (Fsp3) is 0.333. The SMILES string of the molecule is Nc1nc(N2CCOCC2)[nH]c(=O)c1-c1ccc2c(c1)OCO2. The van der Waals surface area contributed by atoms with Crippen LogP contribution >= 0.6 is 0 Å². The van der Waals surface area contributed by atoms with E-state index >= 15 is 0 Å². The monoisotopic (exact) mass is 316 g/mol. The number of anilines is 2. The number of nitrogens with zero attached hydrogens (tertiary/aromatic N) is 2. The second kappa shape index (κ2) is 5.47. The standard InChI is InChI=1S/C15H16N4O4/c16-13-12(9-1-2-10-11(7-9)23-8-22-10)14(20)18-15(17-13)19-3-5-21-6-4-19/h1-2,7H,3-6,8H2,(H3,16,17,18,20). The van der Waals surface area contributed by atoms with E-state index in [-0.39, 0.29) is 18.2 Å². The third-order valence-corrected chi connectivity index (χ3v) is 3.91. The summed E-state index contributed by atoms with van der Waals surface area (Å²) in [4.78, 5) is 21.6. The summed E-state index contributed by atoms with van der Waals surface area (Å²) in [7, 11) is 0. The molecule has 1 aromatic carbocycles. The highest BCUT2D eigenvalue weighted by molar-refractivity contribution is 5.75. The van der Waals surface area contributed by atoms with Crippen molar-refractivity contribution in [2.45, 2.75) is 0 Å². The Kier molecular flexibility index (Phi) is 3.30. The van der Waals surface area contributed by atoms with Gasteiger partial charge in [-0.2, -0.15) is 4.98 Å². The molecule has 1 aromatic heterocycles. The molecule has 2 aliphatic rings. The summed E-state index contributed by atoms with van der Waals surface area (Å²) in [5.41, 5.74) is 6.75. The number of ether oxygens (including phenoxy) is 3. The Morgan fingerprint density at radius 1 is 1.17 bits per heavy atom. The lowest BCUT2D eigenvalue weighted by Gasteiger charge is -2.27. The molecule has 0 atom stereocenters. The Balaban J connectivity index is 1.73. The van der Waals surface area contributed by atoms with E-state index in [1.807, 2.05) is 4.90 Å². The van der Waals surface area contributed by atoms with Crippen molar-refractivity contribution >= 4 is 11.8 Å². The molecular formula is C15H16N4O4. The lowest BCUT2D eigenvalue weighted by Crippen LogP contribution is -2.38. The fourth-order valence-corrected chi connectivity index (χ4v) is 2.73. The number of aromatic nitrogens is 2. The first-order valence-electron chi connectivity index (χ1n) is 7.35. The minimum atomic E-state index is -0.280. The van der Waals surface area contributed by atoms with E-state index in [0.717, 1.165) is 0 Å². The van der Waals surface area contributed by atoms with Gasteiger partial charge >= 0.3 is 0 Å². The molecule has 0 saturated carbocycles. The first-order valence-corrected chi connectivity index (χ1v) is 7.35. The van der Waals surface area contributed by atoms with Gasteiger partial charge in [-0.25, -0.2) is 0 Å². The molecule has 4 rings (SSSR count). The molecule has 120 valence electrons. The zero-order valence-electron chi connectivity index (χ0n) is 12.4. The number of nitrogen functional groups attached to an aromatic ring is 1. The zero-order chi connectivity index (χ0) is 15.8. The van der Waals surface area contributed by atoms with Gasteiger partial charge in [0.2, 0.25) is 12.7 Å². The van der Waals surface area contributed by atoms with Crippen LogP contribution in [-0.2, 0) is 4.74 Å². The maximum atomic E-state index is 12.5. The Bertz CT molecular complexity index is 799. The lowest BCUT2D eigenvalue weighted by atomic mass is 10.1. The van der Waals surface area contributed by atoms with Gasteiger partial charge in [0, 0.05) is 13.1 Å². The molecule has 1 saturated heterocycles. The summed E-state index contributed by atoms with van der Waals surface area (Å²) in [6, 6.07) is 5.26. The zero-order valence-corrected chi connectivity index (χ0v) is 12.4. The van der Waals surface area contributed by atoms with Crippen molar-refractivity contribution < 1.29 is 14.2 Å². The summed E-state index contributed by atoms with van der Waals surface area (Å²) in [5, 5.41) is 0. The third kappa shape index (κ3) is 2.46. The molecule has 0 amide bonds. The number of benzene rings is 1. The Labute approximate surface area is 131 Å². The van der Waals surface area contributed by atoms with E-state index in [1.165, 1.54) is 0 Å². The smallest absolute Gasteiger partial charge is 0.262 e. The van der Waals surface area contributed by atoms with Crippen LogP contribution in [0.2, 0.25) is 0 Å². The maximum Gasteiger partial charge on any atom is 0.262 e. The minimum absolute atomic E-state index is 0.179. The molecule has 8 heteroatoms. The van der Waals surface area contributed by atoms with E-state index in [9.17, 15) is 4.79 Å². The number of H-pyrrole nitrogens is 1. The van der Waals surface area contributed by atoms with Crippen LogP contribution in [-0.4, -0.2) is 43.1 Å². The predicted molar refractivity (Wildman–Crippen MR) is 83.9 cm³/mol. The summed E-state index contributed by atoms with van der Waals surface area (Å²) in [5.74, 6) is 1.91. The third-order valence-electron chi connectivity index (χ3n) is 3.91. The van der Waals surface area contributed by atoms with E-state index < -0.39 is 0 Å². The Hall–Kier alpha value is -2.74. The first-order chi connectivity index (χ1) is 11.2. The fourth-order valence-electron chi connectivity index (χ4n) is 2.73. The minimum Gasteiger partial charge on any atom is -0.454 e. The van der Waals surface area contributed by atoms with Crippen molar-refractivity contribution in [3.8, 4) is 22.6 Å². The number of fused-ring (bicyclic) bond motifs is 1. The molecule has 8 nitrogen and oxygen atoms in total. The van der Waals surface area contributed by atoms with Gasteiger partial charge in [-0.3, -0.25) is 9.78 Å². The molecule has 23 heavy (non-hydrogen) atoms. The van der Waals surface area contributed by atoms with Crippen molar-refractivity contribution in [1.29, 1.82) is 0 Å². The van der Waals surface area contributed by atoms with Crippen molar-refractivity contribution in [3.05, 3.63) is 28.6 Å². The van der Waals surface area contributed by atoms with Gasteiger partial charge in [0.1, 0.15) is 5.82 Å². The van der Waals surface area contributed by atoms with Gasteiger partial charge in [-0.1, -0.05) is 6.07 Å². The van der Waals surface area contributed by atoms with Crippen molar-refractivity contribution in [1.82, 2.24) is 9.97 Å². The van der Waals surface area contributed by atoms with Crippen LogP contribution in [0, 0.1) is 0 Å². The number of nitrogens with two attached hydrogens (primary N) is 1. The molecule has 2 aromatic rings. The molecule has 2 aliphatic heterocycles. The van der Waals surface area contributed by atoms with Crippen LogP contribution in [0.4, 0.5) is 11.8 Å². The normalized spacial score (nSPS) is 16.6. The quantitative estimate of drug-likeness (QED) is 0.835. The van der Waals surface area contributed by atoms with Gasteiger partial charge in [0.05, 0.1) is 18.8 Å². The molecule has 0 radical (unpaired) electrons. The van der Waals surface area contributed by atoms with Crippen LogP contribution in [0.15, 0.2) is 23.0 Å². The van der Waals surface area contributed by atoms with Gasteiger partial charge in [-0.05, 0) is 17.7 Å². The molecule has 0 bridgehead atoms. The van der Waals surface area contributed by atoms with Gasteiger partial charge in [0.25, 0.3) is 5.56 Å². The number of nitrogens with one attached hydrogen (secondary N) is 1. The first kappa shape index (κ1) is 13.9. The highest BCUT2D eigenvalue weighted by atomic mass is 16.7. The topological polar surface area (TPSA) is 103 Å². The van der Waals surface area contributed by atoms with Crippen LogP contribution in [0.25, 0.3) is 11.1 Å². The second-order valence-corrected chi connectivity index (χ2v) is 5.32. The largest absolute Gasteiger partial charge is 0.454 e. The average molecular weight is 316 g/mol. The van der Waals surface area contributed by atoms with Crippen LogP contribution in [0.3, 0.4) is 0 Å². The number of rotatable bonds is 2. The lowest BCUT2D eigenvalue weighted by molar-refractivity contribution is 0.122. The Morgan fingerprint density at radius 2 is 1.96 bits per heavy atom. The maximum absolute atomic E-state index is 12.5.